The van der Waals surface area contributed by atoms with Gasteiger partial charge in [0.15, 0.2) is 11.5 Å². The fourth-order valence-corrected chi connectivity index (χ4v) is 4.24. The van der Waals surface area contributed by atoms with Crippen LogP contribution in [-0.2, 0) is 6.42 Å². The zero-order valence-electron chi connectivity index (χ0n) is 16.4. The lowest BCUT2D eigenvalue weighted by atomic mass is 10.0. The maximum Gasteiger partial charge on any atom is 0.276 e. The number of nitrogens with zero attached hydrogens (tertiary/aromatic N) is 3. The highest BCUT2D eigenvalue weighted by molar-refractivity contribution is 5.93. The second-order valence-electron chi connectivity index (χ2n) is 8.01. The van der Waals surface area contributed by atoms with Crippen LogP contribution in [0.25, 0.3) is 11.3 Å². The minimum Gasteiger partial charge on any atom is -0.355 e. The summed E-state index contributed by atoms with van der Waals surface area (Å²) in [5.74, 6) is 0.595. The van der Waals surface area contributed by atoms with Gasteiger partial charge in [0.25, 0.3) is 5.91 Å². The van der Waals surface area contributed by atoms with Crippen molar-refractivity contribution in [1.82, 2.24) is 15.0 Å². The van der Waals surface area contributed by atoms with Crippen LogP contribution in [0.2, 0.25) is 0 Å². The molecule has 0 radical (unpaired) electrons. The van der Waals surface area contributed by atoms with Crippen LogP contribution in [0.5, 0.6) is 0 Å². The van der Waals surface area contributed by atoms with Gasteiger partial charge in [0.2, 0.25) is 0 Å². The average molecular weight is 387 g/mol. The fraction of sp³-hybridized carbons (Fsp3) is 0.333. The van der Waals surface area contributed by atoms with Crippen LogP contribution < -0.4 is 0 Å². The van der Waals surface area contributed by atoms with Gasteiger partial charge in [-0.25, -0.2) is 0 Å². The number of carbonyl (C=O) groups is 1. The van der Waals surface area contributed by atoms with E-state index < -0.39 is 0 Å². The molecule has 5 heteroatoms. The summed E-state index contributed by atoms with van der Waals surface area (Å²) < 4.78 is 5.48. The zero-order valence-corrected chi connectivity index (χ0v) is 16.4. The Morgan fingerprint density at radius 2 is 1.72 bits per heavy atom. The lowest BCUT2D eigenvalue weighted by Crippen LogP contribution is -2.56. The average Bonchev–Trinajstić information content (AvgIpc) is 3.51. The molecule has 3 aromatic rings. The Kier molecular flexibility index (Phi) is 4.90. The van der Waals surface area contributed by atoms with E-state index in [1.165, 1.54) is 18.4 Å². The van der Waals surface area contributed by atoms with Crippen LogP contribution in [0.4, 0.5) is 0 Å². The second kappa shape index (κ2) is 7.84. The molecule has 1 aliphatic carbocycles. The van der Waals surface area contributed by atoms with Gasteiger partial charge in [0, 0.05) is 43.3 Å². The summed E-state index contributed by atoms with van der Waals surface area (Å²) in [6, 6.07) is 22.8. The van der Waals surface area contributed by atoms with E-state index in [0.717, 1.165) is 31.6 Å². The molecule has 2 heterocycles. The van der Waals surface area contributed by atoms with Gasteiger partial charge in [-0.05, 0) is 24.8 Å². The van der Waals surface area contributed by atoms with E-state index in [0.29, 0.717) is 17.5 Å². The number of carbonyl (C=O) groups excluding carboxylic acids is 1. The number of piperazine rings is 1. The molecule has 2 fully saturated rings. The Morgan fingerprint density at radius 3 is 2.45 bits per heavy atom. The van der Waals surface area contributed by atoms with Crippen molar-refractivity contribution in [2.24, 2.45) is 0 Å². The Bertz CT molecular complexity index is 966. The van der Waals surface area contributed by atoms with Crippen LogP contribution >= 0.6 is 0 Å². The van der Waals surface area contributed by atoms with Crippen molar-refractivity contribution < 1.29 is 9.32 Å². The lowest BCUT2D eigenvalue weighted by molar-refractivity contribution is 0.0428. The van der Waals surface area contributed by atoms with Crippen LogP contribution in [0.1, 0.15) is 28.9 Å². The molecular formula is C24H25N3O2. The first-order valence-corrected chi connectivity index (χ1v) is 10.4. The van der Waals surface area contributed by atoms with Crippen LogP contribution in [-0.4, -0.2) is 52.6 Å². The van der Waals surface area contributed by atoms with Gasteiger partial charge in [0.05, 0.1) is 0 Å². The largest absolute Gasteiger partial charge is 0.355 e. The highest BCUT2D eigenvalue weighted by atomic mass is 16.5. The van der Waals surface area contributed by atoms with Crippen molar-refractivity contribution in [1.29, 1.82) is 0 Å². The van der Waals surface area contributed by atoms with Gasteiger partial charge in [-0.2, -0.15) is 0 Å². The summed E-state index contributed by atoms with van der Waals surface area (Å²) in [6.07, 6.45) is 3.44. The molecule has 1 aromatic heterocycles. The Labute approximate surface area is 170 Å². The van der Waals surface area contributed by atoms with Crippen LogP contribution in [0.3, 0.4) is 0 Å². The Hall–Kier alpha value is -2.92. The van der Waals surface area contributed by atoms with Crippen molar-refractivity contribution in [2.45, 2.75) is 31.3 Å². The van der Waals surface area contributed by atoms with E-state index in [1.807, 2.05) is 41.3 Å². The lowest BCUT2D eigenvalue weighted by Gasteiger charge is -2.41. The van der Waals surface area contributed by atoms with E-state index in [4.69, 9.17) is 4.52 Å². The van der Waals surface area contributed by atoms with E-state index in [2.05, 4.69) is 34.3 Å². The molecule has 0 bridgehead atoms. The van der Waals surface area contributed by atoms with E-state index in [-0.39, 0.29) is 11.9 Å². The molecule has 29 heavy (non-hydrogen) atoms. The molecule has 148 valence electrons. The first-order valence-electron chi connectivity index (χ1n) is 10.4. The maximum absolute atomic E-state index is 13.3. The predicted molar refractivity (Wildman–Crippen MR) is 112 cm³/mol. The summed E-state index contributed by atoms with van der Waals surface area (Å²) in [4.78, 5) is 17.9. The van der Waals surface area contributed by atoms with Crippen LogP contribution in [0.15, 0.2) is 71.3 Å². The highest BCUT2D eigenvalue weighted by Gasteiger charge is 2.38. The van der Waals surface area contributed by atoms with Crippen molar-refractivity contribution in [3.05, 3.63) is 78.0 Å². The van der Waals surface area contributed by atoms with Gasteiger partial charge in [-0.3, -0.25) is 9.69 Å². The molecule has 1 atom stereocenters. The Morgan fingerprint density at radius 1 is 1.00 bits per heavy atom. The molecule has 1 aliphatic heterocycles. The smallest absolute Gasteiger partial charge is 0.276 e. The van der Waals surface area contributed by atoms with E-state index in [9.17, 15) is 4.79 Å². The summed E-state index contributed by atoms with van der Waals surface area (Å²) in [6.45, 7) is 2.60. The molecule has 0 N–H and O–H groups in total. The minimum atomic E-state index is -0.0349. The summed E-state index contributed by atoms with van der Waals surface area (Å²) >= 11 is 0. The number of rotatable bonds is 5. The molecule has 1 unspecified atom stereocenters. The molecule has 0 spiro atoms. The summed E-state index contributed by atoms with van der Waals surface area (Å²) in [5.41, 5.74) is 2.58. The van der Waals surface area contributed by atoms with Gasteiger partial charge in [-0.15, -0.1) is 0 Å². The third-order valence-electron chi connectivity index (χ3n) is 5.94. The van der Waals surface area contributed by atoms with Crippen molar-refractivity contribution in [2.75, 3.05) is 19.6 Å². The van der Waals surface area contributed by atoms with Gasteiger partial charge in [0.1, 0.15) is 0 Å². The summed E-state index contributed by atoms with van der Waals surface area (Å²) in [7, 11) is 0. The second-order valence-corrected chi connectivity index (χ2v) is 8.01. The zero-order chi connectivity index (χ0) is 19.6. The topological polar surface area (TPSA) is 49.6 Å². The third kappa shape index (κ3) is 3.96. The minimum absolute atomic E-state index is 0.0349. The maximum atomic E-state index is 13.3. The van der Waals surface area contributed by atoms with Crippen molar-refractivity contribution >= 4 is 5.91 Å². The van der Waals surface area contributed by atoms with Gasteiger partial charge < -0.3 is 9.42 Å². The monoisotopic (exact) mass is 387 g/mol. The molecule has 5 nitrogen and oxygen atoms in total. The normalized spacial score (nSPS) is 20.0. The molecule has 1 amide bonds. The number of benzene rings is 2. The standard InChI is InChI=1S/C24H25N3O2/c28-24(22-16-23(29-25-22)19-9-5-2-6-10-19)27-14-13-26(20-11-12-20)17-21(27)15-18-7-3-1-4-8-18/h1-10,16,20-21H,11-15,17H2. The molecule has 1 saturated heterocycles. The molecule has 2 aliphatic rings. The number of aromatic nitrogens is 1. The van der Waals surface area contributed by atoms with E-state index >= 15 is 0 Å². The SMILES string of the molecule is O=C(c1cc(-c2ccccc2)on1)N1CCN(C2CC2)CC1Cc1ccccc1. The molecule has 1 saturated carbocycles. The number of hydrogen-bond acceptors (Lipinski definition) is 4. The molecular weight excluding hydrogens is 362 g/mol. The molecule has 5 rings (SSSR count). The number of hydrogen-bond donors (Lipinski definition) is 0. The first-order chi connectivity index (χ1) is 14.3. The Balaban J connectivity index is 1.37. The van der Waals surface area contributed by atoms with E-state index in [1.54, 1.807) is 6.07 Å². The third-order valence-corrected chi connectivity index (χ3v) is 5.94. The highest BCUT2D eigenvalue weighted by Crippen LogP contribution is 2.30. The quantitative estimate of drug-likeness (QED) is 0.667. The summed E-state index contributed by atoms with van der Waals surface area (Å²) in [5, 5.41) is 4.10. The first kappa shape index (κ1) is 18.1. The fourth-order valence-electron chi connectivity index (χ4n) is 4.24. The molecule has 2 aromatic carbocycles. The van der Waals surface area contributed by atoms with Crippen molar-refractivity contribution in [3.8, 4) is 11.3 Å². The van der Waals surface area contributed by atoms with Gasteiger partial charge in [-0.1, -0.05) is 65.8 Å². The van der Waals surface area contributed by atoms with Gasteiger partial charge >= 0.3 is 0 Å². The van der Waals surface area contributed by atoms with Crippen LogP contribution in [0, 0.1) is 0 Å². The predicted octanol–water partition coefficient (Wildman–Crippen LogP) is 3.87. The number of amides is 1. The van der Waals surface area contributed by atoms with Crippen molar-refractivity contribution in [3.63, 3.8) is 0 Å².